The minimum atomic E-state index is 0.179. The Balaban J connectivity index is 2.13. The van der Waals surface area contributed by atoms with Gasteiger partial charge in [-0.15, -0.1) is 10.2 Å². The van der Waals surface area contributed by atoms with Gasteiger partial charge in [-0.1, -0.05) is 44.5 Å². The first-order valence-electron chi connectivity index (χ1n) is 6.29. The maximum Gasteiger partial charge on any atom is 0.238 e. The first kappa shape index (κ1) is 13.8. The molecule has 19 heavy (non-hydrogen) atoms. The van der Waals surface area contributed by atoms with E-state index in [-0.39, 0.29) is 5.41 Å². The standard InChI is InChI=1S/C15H17ClN2O/c1-4-15(2,3)11-5-7-12(8-6-11)19-14-10-9-13(16)17-18-14/h5-10H,4H2,1-3H3. The third kappa shape index (κ3) is 3.44. The lowest BCUT2D eigenvalue weighted by Gasteiger charge is -2.23. The van der Waals surface area contributed by atoms with Gasteiger partial charge in [-0.05, 0) is 35.6 Å². The molecule has 0 aliphatic carbocycles. The second kappa shape index (κ2) is 5.57. The number of hydrogen-bond donors (Lipinski definition) is 0. The van der Waals surface area contributed by atoms with Gasteiger partial charge in [0.1, 0.15) is 5.75 Å². The third-order valence-corrected chi connectivity index (χ3v) is 3.55. The van der Waals surface area contributed by atoms with Crippen LogP contribution in [0.4, 0.5) is 0 Å². The van der Waals surface area contributed by atoms with E-state index >= 15 is 0 Å². The predicted molar refractivity (Wildman–Crippen MR) is 76.9 cm³/mol. The van der Waals surface area contributed by atoms with Crippen LogP contribution in [0, 0.1) is 0 Å². The van der Waals surface area contributed by atoms with Gasteiger partial charge in [-0.3, -0.25) is 0 Å². The van der Waals surface area contributed by atoms with Crippen LogP contribution in [-0.2, 0) is 5.41 Å². The van der Waals surface area contributed by atoms with E-state index in [4.69, 9.17) is 16.3 Å². The molecule has 0 unspecified atom stereocenters. The Morgan fingerprint density at radius 1 is 1.05 bits per heavy atom. The van der Waals surface area contributed by atoms with Gasteiger partial charge in [0, 0.05) is 6.07 Å². The SMILES string of the molecule is CCC(C)(C)c1ccc(Oc2ccc(Cl)nn2)cc1. The van der Waals surface area contributed by atoms with Crippen LogP contribution in [0.5, 0.6) is 11.6 Å². The average Bonchev–Trinajstić information content (AvgIpc) is 2.42. The van der Waals surface area contributed by atoms with Crippen molar-refractivity contribution in [1.82, 2.24) is 10.2 Å². The van der Waals surface area contributed by atoms with Crippen molar-refractivity contribution in [3.8, 4) is 11.6 Å². The smallest absolute Gasteiger partial charge is 0.238 e. The molecule has 100 valence electrons. The van der Waals surface area contributed by atoms with Crippen molar-refractivity contribution in [2.75, 3.05) is 0 Å². The Labute approximate surface area is 118 Å². The zero-order valence-corrected chi connectivity index (χ0v) is 12.1. The van der Waals surface area contributed by atoms with E-state index in [0.29, 0.717) is 11.0 Å². The first-order chi connectivity index (χ1) is 9.01. The zero-order chi connectivity index (χ0) is 13.9. The summed E-state index contributed by atoms with van der Waals surface area (Å²) < 4.78 is 5.60. The maximum absolute atomic E-state index is 5.67. The van der Waals surface area contributed by atoms with Crippen LogP contribution in [0.15, 0.2) is 36.4 Å². The highest BCUT2D eigenvalue weighted by Gasteiger charge is 2.17. The Kier molecular flexibility index (Phi) is 4.05. The van der Waals surface area contributed by atoms with Crippen LogP contribution in [0.1, 0.15) is 32.8 Å². The summed E-state index contributed by atoms with van der Waals surface area (Å²) in [5.74, 6) is 1.18. The Hall–Kier alpha value is -1.61. The predicted octanol–water partition coefficient (Wildman–Crippen LogP) is 4.61. The molecule has 0 saturated heterocycles. The van der Waals surface area contributed by atoms with Gasteiger partial charge in [0.05, 0.1) is 0 Å². The van der Waals surface area contributed by atoms with Crippen molar-refractivity contribution in [1.29, 1.82) is 0 Å². The van der Waals surface area contributed by atoms with Gasteiger partial charge in [0.2, 0.25) is 5.88 Å². The molecule has 0 amide bonds. The molecule has 0 bridgehead atoms. The van der Waals surface area contributed by atoms with Gasteiger partial charge in [0.25, 0.3) is 0 Å². The number of nitrogens with zero attached hydrogens (tertiary/aromatic N) is 2. The second-order valence-electron chi connectivity index (χ2n) is 5.06. The monoisotopic (exact) mass is 276 g/mol. The quantitative estimate of drug-likeness (QED) is 0.818. The molecule has 0 radical (unpaired) electrons. The van der Waals surface area contributed by atoms with Crippen molar-refractivity contribution >= 4 is 11.6 Å². The number of hydrogen-bond acceptors (Lipinski definition) is 3. The summed E-state index contributed by atoms with van der Waals surface area (Å²) in [7, 11) is 0. The van der Waals surface area contributed by atoms with Crippen molar-refractivity contribution in [2.45, 2.75) is 32.6 Å². The van der Waals surface area contributed by atoms with E-state index in [0.717, 1.165) is 12.2 Å². The molecular formula is C15H17ClN2O. The van der Waals surface area contributed by atoms with E-state index in [1.807, 2.05) is 12.1 Å². The number of halogens is 1. The van der Waals surface area contributed by atoms with Gasteiger partial charge >= 0.3 is 0 Å². The fourth-order valence-corrected chi connectivity index (χ4v) is 1.76. The van der Waals surface area contributed by atoms with E-state index in [2.05, 4.69) is 43.1 Å². The number of benzene rings is 1. The highest BCUT2D eigenvalue weighted by molar-refractivity contribution is 6.29. The Morgan fingerprint density at radius 2 is 1.74 bits per heavy atom. The number of rotatable bonds is 4. The van der Waals surface area contributed by atoms with Crippen LogP contribution in [0.3, 0.4) is 0 Å². The summed E-state index contributed by atoms with van der Waals surface area (Å²) in [6.07, 6.45) is 1.09. The molecule has 0 spiro atoms. The van der Waals surface area contributed by atoms with Crippen LogP contribution < -0.4 is 4.74 Å². The van der Waals surface area contributed by atoms with E-state index in [1.165, 1.54) is 5.56 Å². The van der Waals surface area contributed by atoms with Crippen LogP contribution in [0.25, 0.3) is 0 Å². The second-order valence-corrected chi connectivity index (χ2v) is 5.45. The molecule has 1 heterocycles. The summed E-state index contributed by atoms with van der Waals surface area (Å²) in [4.78, 5) is 0. The largest absolute Gasteiger partial charge is 0.438 e. The molecule has 1 aromatic heterocycles. The fourth-order valence-electron chi connectivity index (χ4n) is 1.66. The van der Waals surface area contributed by atoms with Crippen molar-refractivity contribution < 1.29 is 4.74 Å². The molecule has 0 fully saturated rings. The van der Waals surface area contributed by atoms with Gasteiger partial charge < -0.3 is 4.74 Å². The Bertz CT molecular complexity index is 535. The van der Waals surface area contributed by atoms with Crippen LogP contribution in [0.2, 0.25) is 5.15 Å². The van der Waals surface area contributed by atoms with Crippen molar-refractivity contribution in [3.63, 3.8) is 0 Å². The van der Waals surface area contributed by atoms with Gasteiger partial charge in [-0.25, -0.2) is 0 Å². The van der Waals surface area contributed by atoms with Crippen LogP contribution in [-0.4, -0.2) is 10.2 Å². The fraction of sp³-hybridized carbons (Fsp3) is 0.333. The lowest BCUT2D eigenvalue weighted by molar-refractivity contribution is 0.453. The molecule has 4 heteroatoms. The van der Waals surface area contributed by atoms with Crippen molar-refractivity contribution in [3.05, 3.63) is 47.1 Å². The van der Waals surface area contributed by atoms with Crippen molar-refractivity contribution in [2.24, 2.45) is 0 Å². The lowest BCUT2D eigenvalue weighted by Crippen LogP contribution is -2.14. The third-order valence-electron chi connectivity index (χ3n) is 3.35. The highest BCUT2D eigenvalue weighted by atomic mass is 35.5. The topological polar surface area (TPSA) is 35.0 Å². The molecule has 0 N–H and O–H groups in total. The Morgan fingerprint density at radius 3 is 2.26 bits per heavy atom. The molecule has 2 aromatic rings. The summed E-state index contributed by atoms with van der Waals surface area (Å²) >= 11 is 5.67. The molecule has 0 aliphatic rings. The number of aromatic nitrogens is 2. The van der Waals surface area contributed by atoms with Gasteiger partial charge in [0.15, 0.2) is 5.15 Å². The zero-order valence-electron chi connectivity index (χ0n) is 11.4. The molecule has 0 aliphatic heterocycles. The molecule has 1 aromatic carbocycles. The summed E-state index contributed by atoms with van der Waals surface area (Å²) in [5, 5.41) is 7.95. The molecular weight excluding hydrogens is 260 g/mol. The minimum Gasteiger partial charge on any atom is -0.438 e. The van der Waals surface area contributed by atoms with E-state index in [9.17, 15) is 0 Å². The van der Waals surface area contributed by atoms with Crippen LogP contribution >= 0.6 is 11.6 Å². The molecule has 3 nitrogen and oxygen atoms in total. The summed E-state index contributed by atoms with van der Waals surface area (Å²) in [6.45, 7) is 6.65. The normalized spacial score (nSPS) is 11.4. The average molecular weight is 277 g/mol. The summed E-state index contributed by atoms with van der Waals surface area (Å²) in [6, 6.07) is 11.4. The minimum absolute atomic E-state index is 0.179. The maximum atomic E-state index is 5.67. The first-order valence-corrected chi connectivity index (χ1v) is 6.67. The number of ether oxygens (including phenoxy) is 1. The highest BCUT2D eigenvalue weighted by Crippen LogP contribution is 2.29. The molecule has 2 rings (SSSR count). The molecule has 0 saturated carbocycles. The van der Waals surface area contributed by atoms with E-state index < -0.39 is 0 Å². The summed E-state index contributed by atoms with van der Waals surface area (Å²) in [5.41, 5.74) is 1.48. The van der Waals surface area contributed by atoms with E-state index in [1.54, 1.807) is 12.1 Å². The van der Waals surface area contributed by atoms with Gasteiger partial charge in [-0.2, -0.15) is 0 Å². The lowest BCUT2D eigenvalue weighted by atomic mass is 9.82. The molecule has 0 atom stereocenters.